The third kappa shape index (κ3) is 4.90. The van der Waals surface area contributed by atoms with E-state index in [0.717, 1.165) is 23.0 Å². The van der Waals surface area contributed by atoms with E-state index in [1.54, 1.807) is 6.07 Å². The van der Waals surface area contributed by atoms with Gasteiger partial charge in [-0.3, -0.25) is 15.0 Å². The first-order valence-electron chi connectivity index (χ1n) is 7.55. The van der Waals surface area contributed by atoms with E-state index in [0.29, 0.717) is 12.4 Å². The van der Waals surface area contributed by atoms with Crippen LogP contribution in [-0.4, -0.2) is 52.2 Å². The fraction of sp³-hybridized carbons (Fsp3) is 0.533. The van der Waals surface area contributed by atoms with Crippen molar-refractivity contribution in [2.75, 3.05) is 18.4 Å². The molecule has 0 bridgehead atoms. The number of aryl methyl sites for hydroxylation is 1. The van der Waals surface area contributed by atoms with Crippen LogP contribution in [0.25, 0.3) is 0 Å². The molecule has 3 N–H and O–H groups in total. The molecule has 0 unspecified atom stereocenters. The Kier molecular flexibility index (Phi) is 5.95. The highest BCUT2D eigenvalue weighted by Crippen LogP contribution is 2.25. The van der Waals surface area contributed by atoms with Gasteiger partial charge in [-0.2, -0.15) is 0 Å². The summed E-state index contributed by atoms with van der Waals surface area (Å²) in [5, 5.41) is 14.5. The minimum Gasteiger partial charge on any atom is -0.480 e. The molecule has 1 aromatic heterocycles. The van der Waals surface area contributed by atoms with E-state index in [4.69, 9.17) is 5.11 Å². The molecule has 1 aliphatic carbocycles. The molecule has 8 heteroatoms. The Balaban J connectivity index is 1.77. The molecule has 2 amide bonds. The molecule has 0 aromatic carbocycles. The number of anilines is 1. The monoisotopic (exact) mass is 384 g/mol. The average Bonchev–Trinajstić information content (AvgIpc) is 2.44. The van der Waals surface area contributed by atoms with Crippen LogP contribution in [-0.2, 0) is 4.79 Å². The first kappa shape index (κ1) is 17.7. The van der Waals surface area contributed by atoms with E-state index in [1.807, 2.05) is 24.8 Å². The average molecular weight is 385 g/mol. The third-order valence-electron chi connectivity index (χ3n) is 3.97. The molecular formula is C15H21BrN4O3. The second-order valence-electron chi connectivity index (χ2n) is 5.64. The molecular weight excluding hydrogens is 364 g/mol. The van der Waals surface area contributed by atoms with Gasteiger partial charge in [-0.1, -0.05) is 6.92 Å². The van der Waals surface area contributed by atoms with Crippen molar-refractivity contribution in [2.24, 2.45) is 0 Å². The van der Waals surface area contributed by atoms with Gasteiger partial charge in [0.1, 0.15) is 5.82 Å². The highest BCUT2D eigenvalue weighted by atomic mass is 79.9. The second-order valence-corrected chi connectivity index (χ2v) is 6.50. The highest BCUT2D eigenvalue weighted by Gasteiger charge is 2.34. The van der Waals surface area contributed by atoms with Crippen LogP contribution in [0.3, 0.4) is 0 Å². The predicted octanol–water partition coefficient (Wildman–Crippen LogP) is 2.21. The predicted molar refractivity (Wildman–Crippen MR) is 90.5 cm³/mol. The number of hydrogen-bond acceptors (Lipinski definition) is 4. The van der Waals surface area contributed by atoms with Crippen molar-refractivity contribution in [3.05, 3.63) is 22.3 Å². The Hall–Kier alpha value is -1.67. The molecule has 126 valence electrons. The van der Waals surface area contributed by atoms with Crippen LogP contribution in [0.15, 0.2) is 16.6 Å². The van der Waals surface area contributed by atoms with Crippen molar-refractivity contribution >= 4 is 33.7 Å². The summed E-state index contributed by atoms with van der Waals surface area (Å²) in [6, 6.07) is 3.56. The van der Waals surface area contributed by atoms with Crippen molar-refractivity contribution in [1.82, 2.24) is 15.2 Å². The van der Waals surface area contributed by atoms with Gasteiger partial charge in [0.25, 0.3) is 0 Å². The zero-order chi connectivity index (χ0) is 17.0. The van der Waals surface area contributed by atoms with Crippen molar-refractivity contribution in [2.45, 2.75) is 38.8 Å². The third-order valence-corrected chi connectivity index (χ3v) is 4.81. The van der Waals surface area contributed by atoms with E-state index < -0.39 is 5.97 Å². The van der Waals surface area contributed by atoms with Crippen LogP contribution in [0, 0.1) is 6.92 Å². The summed E-state index contributed by atoms with van der Waals surface area (Å²) in [4.78, 5) is 28.9. The quantitative estimate of drug-likeness (QED) is 0.698. The van der Waals surface area contributed by atoms with Gasteiger partial charge in [0.15, 0.2) is 0 Å². The molecule has 0 aliphatic heterocycles. The molecule has 1 saturated carbocycles. The van der Waals surface area contributed by atoms with E-state index in [1.165, 1.54) is 0 Å². The standard InChI is InChI=1S/C15H21BrN4O3/c1-3-20(8-14(21)22)11-6-10(7-11)18-15(23)19-13-5-4-12(16)9(2)17-13/h4-5,10-11H,3,6-8H2,1-2H3,(H,21,22)(H2,17,18,19,23). The lowest BCUT2D eigenvalue weighted by Crippen LogP contribution is -2.55. The molecule has 0 saturated heterocycles. The van der Waals surface area contributed by atoms with Gasteiger partial charge >= 0.3 is 12.0 Å². The number of nitrogens with zero attached hydrogens (tertiary/aromatic N) is 2. The van der Waals surface area contributed by atoms with Crippen molar-refractivity contribution < 1.29 is 14.7 Å². The summed E-state index contributed by atoms with van der Waals surface area (Å²) in [7, 11) is 0. The number of nitrogens with one attached hydrogen (secondary N) is 2. The number of aromatic nitrogens is 1. The van der Waals surface area contributed by atoms with Gasteiger partial charge < -0.3 is 10.4 Å². The Morgan fingerprint density at radius 1 is 1.43 bits per heavy atom. The molecule has 1 aliphatic rings. The topological polar surface area (TPSA) is 94.6 Å². The molecule has 23 heavy (non-hydrogen) atoms. The summed E-state index contributed by atoms with van der Waals surface area (Å²) in [6.07, 6.45) is 1.53. The molecule has 7 nitrogen and oxygen atoms in total. The minimum absolute atomic E-state index is 0.0438. The number of pyridine rings is 1. The summed E-state index contributed by atoms with van der Waals surface area (Å²) < 4.78 is 0.892. The number of likely N-dealkylation sites (N-methyl/N-ethyl adjacent to an activating group) is 1. The van der Waals surface area contributed by atoms with E-state index in [-0.39, 0.29) is 24.7 Å². The second kappa shape index (κ2) is 7.74. The van der Waals surface area contributed by atoms with Gasteiger partial charge in [0, 0.05) is 16.6 Å². The zero-order valence-electron chi connectivity index (χ0n) is 13.2. The first-order valence-corrected chi connectivity index (χ1v) is 8.34. The minimum atomic E-state index is -0.822. The molecule has 0 atom stereocenters. The molecule has 1 fully saturated rings. The van der Waals surface area contributed by atoms with Crippen molar-refractivity contribution in [1.29, 1.82) is 0 Å². The number of rotatable bonds is 6. The lowest BCUT2D eigenvalue weighted by molar-refractivity contribution is -0.139. The Bertz CT molecular complexity index is 590. The number of carboxylic acid groups (broad SMARTS) is 1. The zero-order valence-corrected chi connectivity index (χ0v) is 14.8. The fourth-order valence-corrected chi connectivity index (χ4v) is 2.85. The summed E-state index contributed by atoms with van der Waals surface area (Å²) in [5.41, 5.74) is 0.804. The number of carboxylic acids is 1. The van der Waals surface area contributed by atoms with Gasteiger partial charge in [0.05, 0.1) is 12.2 Å². The largest absolute Gasteiger partial charge is 0.480 e. The Morgan fingerprint density at radius 3 is 2.70 bits per heavy atom. The van der Waals surface area contributed by atoms with Crippen LogP contribution < -0.4 is 10.6 Å². The molecule has 2 rings (SSSR count). The number of carbonyl (C=O) groups excluding carboxylic acids is 1. The van der Waals surface area contributed by atoms with E-state index >= 15 is 0 Å². The van der Waals surface area contributed by atoms with Crippen LogP contribution >= 0.6 is 15.9 Å². The van der Waals surface area contributed by atoms with Crippen molar-refractivity contribution in [3.63, 3.8) is 0 Å². The smallest absolute Gasteiger partial charge is 0.320 e. The van der Waals surface area contributed by atoms with Crippen LogP contribution in [0.5, 0.6) is 0 Å². The lowest BCUT2D eigenvalue weighted by atomic mass is 9.85. The number of urea groups is 1. The Labute approximate surface area is 143 Å². The maximum absolute atomic E-state index is 12.0. The number of hydrogen-bond donors (Lipinski definition) is 3. The molecule has 1 heterocycles. The fourth-order valence-electron chi connectivity index (χ4n) is 2.63. The van der Waals surface area contributed by atoms with Gasteiger partial charge in [-0.25, -0.2) is 9.78 Å². The maximum Gasteiger partial charge on any atom is 0.320 e. The molecule has 0 spiro atoms. The summed E-state index contributed by atoms with van der Waals surface area (Å²) in [6.45, 7) is 4.53. The highest BCUT2D eigenvalue weighted by molar-refractivity contribution is 9.10. The number of amides is 2. The number of carbonyl (C=O) groups is 2. The molecule has 1 aromatic rings. The van der Waals surface area contributed by atoms with Gasteiger partial charge in [-0.15, -0.1) is 0 Å². The number of aliphatic carboxylic acids is 1. The summed E-state index contributed by atoms with van der Waals surface area (Å²) >= 11 is 3.36. The van der Waals surface area contributed by atoms with Crippen molar-refractivity contribution in [3.8, 4) is 0 Å². The van der Waals surface area contributed by atoms with E-state index in [2.05, 4.69) is 31.5 Å². The van der Waals surface area contributed by atoms with Gasteiger partial charge in [-0.05, 0) is 54.4 Å². The maximum atomic E-state index is 12.0. The van der Waals surface area contributed by atoms with Gasteiger partial charge in [0.2, 0.25) is 0 Å². The number of halogens is 1. The van der Waals surface area contributed by atoms with Crippen LogP contribution in [0.4, 0.5) is 10.6 Å². The summed E-state index contributed by atoms with van der Waals surface area (Å²) in [5.74, 6) is -0.321. The normalized spacial score (nSPS) is 20.0. The van der Waals surface area contributed by atoms with Crippen LogP contribution in [0.2, 0.25) is 0 Å². The molecule has 0 radical (unpaired) electrons. The Morgan fingerprint density at radius 2 is 2.13 bits per heavy atom. The SMILES string of the molecule is CCN(CC(=O)O)C1CC(NC(=O)Nc2ccc(Br)c(C)n2)C1. The lowest BCUT2D eigenvalue weighted by Gasteiger charge is -2.42. The van der Waals surface area contributed by atoms with E-state index in [9.17, 15) is 9.59 Å². The van der Waals surface area contributed by atoms with Crippen LogP contribution in [0.1, 0.15) is 25.5 Å². The first-order chi connectivity index (χ1) is 10.9.